The molecule has 0 spiro atoms. The average Bonchev–Trinajstić information content (AvgIpc) is 2.33. The minimum Gasteiger partial charge on any atom is -0.392 e. The molecule has 1 saturated carbocycles. The van der Waals surface area contributed by atoms with Gasteiger partial charge < -0.3 is 15.5 Å². The molecule has 0 bridgehead atoms. The molecular weight excluding hydrogens is 236 g/mol. The first-order valence-corrected chi connectivity index (χ1v) is 5.88. The van der Waals surface area contributed by atoms with Crippen LogP contribution in [-0.4, -0.2) is 27.3 Å². The third-order valence-electron chi connectivity index (χ3n) is 3.33. The van der Waals surface area contributed by atoms with E-state index in [1.54, 1.807) is 6.07 Å². The van der Waals surface area contributed by atoms with E-state index in [9.17, 15) is 15.2 Å². The first-order chi connectivity index (χ1) is 8.54. The van der Waals surface area contributed by atoms with E-state index in [0.29, 0.717) is 30.6 Å². The number of nitrogens with one attached hydrogen (secondary N) is 1. The van der Waals surface area contributed by atoms with Gasteiger partial charge in [0.15, 0.2) is 0 Å². The number of anilines is 1. The number of hydrogen-bond acceptors (Lipinski definition) is 5. The highest BCUT2D eigenvalue weighted by Crippen LogP contribution is 2.33. The fraction of sp³-hybridized carbons (Fsp3) is 0.500. The number of rotatable bonds is 5. The van der Waals surface area contributed by atoms with Crippen molar-refractivity contribution in [1.82, 2.24) is 0 Å². The van der Waals surface area contributed by atoms with Crippen LogP contribution in [0.1, 0.15) is 24.8 Å². The Morgan fingerprint density at radius 3 is 2.67 bits per heavy atom. The number of nitrogens with zero attached hydrogens (tertiary/aromatic N) is 1. The van der Waals surface area contributed by atoms with Gasteiger partial charge in [-0.15, -0.1) is 0 Å². The quantitative estimate of drug-likeness (QED) is 0.544. The first-order valence-electron chi connectivity index (χ1n) is 5.88. The summed E-state index contributed by atoms with van der Waals surface area (Å²) in [7, 11) is 0. The molecule has 1 fully saturated rings. The van der Waals surface area contributed by atoms with Crippen molar-refractivity contribution < 1.29 is 15.1 Å². The molecule has 1 aliphatic rings. The van der Waals surface area contributed by atoms with Crippen LogP contribution < -0.4 is 5.32 Å². The van der Waals surface area contributed by atoms with Crippen LogP contribution in [0, 0.1) is 10.1 Å². The molecule has 0 atom stereocenters. The molecule has 98 valence electrons. The monoisotopic (exact) mass is 252 g/mol. The van der Waals surface area contributed by atoms with Crippen LogP contribution >= 0.6 is 0 Å². The first kappa shape index (κ1) is 12.8. The molecule has 0 aliphatic heterocycles. The maximum absolute atomic E-state index is 10.9. The summed E-state index contributed by atoms with van der Waals surface area (Å²) in [5.74, 6) is 0. The zero-order chi connectivity index (χ0) is 13.2. The second-order valence-electron chi connectivity index (χ2n) is 4.70. The Bertz CT molecular complexity index is 457. The minimum absolute atomic E-state index is 0.0462. The lowest BCUT2D eigenvalue weighted by Gasteiger charge is -2.36. The summed E-state index contributed by atoms with van der Waals surface area (Å²) in [6.07, 6.45) is 2.41. The van der Waals surface area contributed by atoms with Crippen LogP contribution in [0.4, 0.5) is 11.4 Å². The van der Waals surface area contributed by atoms with E-state index < -0.39 is 10.5 Å². The molecule has 2 rings (SSSR count). The van der Waals surface area contributed by atoms with Crippen molar-refractivity contribution in [3.05, 3.63) is 33.9 Å². The third kappa shape index (κ3) is 2.60. The number of hydrogen-bond donors (Lipinski definition) is 3. The molecule has 3 N–H and O–H groups in total. The van der Waals surface area contributed by atoms with Gasteiger partial charge in [-0.3, -0.25) is 10.1 Å². The molecule has 0 unspecified atom stereocenters. The van der Waals surface area contributed by atoms with Gasteiger partial charge in [0.05, 0.1) is 17.1 Å². The van der Waals surface area contributed by atoms with Crippen molar-refractivity contribution in [2.45, 2.75) is 31.5 Å². The Hall–Kier alpha value is -1.66. The van der Waals surface area contributed by atoms with Gasteiger partial charge in [-0.2, -0.15) is 0 Å². The van der Waals surface area contributed by atoms with Gasteiger partial charge in [-0.05, 0) is 37.0 Å². The molecule has 0 radical (unpaired) electrons. The number of aliphatic hydroxyl groups excluding tert-OH is 1. The van der Waals surface area contributed by atoms with Crippen LogP contribution in [0.2, 0.25) is 0 Å². The second kappa shape index (κ2) is 4.91. The highest BCUT2D eigenvalue weighted by molar-refractivity contribution is 5.62. The van der Waals surface area contributed by atoms with E-state index in [0.717, 1.165) is 6.42 Å². The summed E-state index contributed by atoms with van der Waals surface area (Å²) in [6, 6.07) is 4.42. The predicted molar refractivity (Wildman–Crippen MR) is 66.3 cm³/mol. The Balaban J connectivity index is 2.15. The average molecular weight is 252 g/mol. The maximum atomic E-state index is 10.9. The highest BCUT2D eigenvalue weighted by Gasteiger charge is 2.34. The predicted octanol–water partition coefficient (Wildman–Crippen LogP) is 1.41. The van der Waals surface area contributed by atoms with Crippen LogP contribution in [0.5, 0.6) is 0 Å². The lowest BCUT2D eigenvalue weighted by atomic mass is 9.80. The summed E-state index contributed by atoms with van der Waals surface area (Å²) in [5.41, 5.74) is 0.147. The molecule has 1 aromatic carbocycles. The van der Waals surface area contributed by atoms with E-state index in [2.05, 4.69) is 5.32 Å². The Kier molecular flexibility index (Phi) is 3.49. The zero-order valence-electron chi connectivity index (χ0n) is 9.93. The van der Waals surface area contributed by atoms with Gasteiger partial charge in [-0.25, -0.2) is 0 Å². The van der Waals surface area contributed by atoms with E-state index in [1.165, 1.54) is 12.1 Å². The summed E-state index contributed by atoms with van der Waals surface area (Å²) >= 11 is 0. The van der Waals surface area contributed by atoms with Crippen LogP contribution in [0.15, 0.2) is 18.2 Å². The molecular formula is C12H16N2O4. The molecule has 6 heteroatoms. The molecule has 18 heavy (non-hydrogen) atoms. The molecule has 1 aromatic rings. The van der Waals surface area contributed by atoms with Crippen LogP contribution in [-0.2, 0) is 6.61 Å². The molecule has 1 aliphatic carbocycles. The number of nitro groups is 1. The van der Waals surface area contributed by atoms with E-state index in [4.69, 9.17) is 5.11 Å². The molecule has 0 saturated heterocycles. The standard InChI is InChI=1S/C12H16N2O4/c15-7-9-2-3-11(14(17)18)10(6-9)13-8-12(16)4-1-5-12/h2-3,6,13,15-16H,1,4-5,7-8H2. The summed E-state index contributed by atoms with van der Waals surface area (Å²) in [5, 5.41) is 32.8. The Morgan fingerprint density at radius 2 is 2.17 bits per heavy atom. The Morgan fingerprint density at radius 1 is 1.44 bits per heavy atom. The lowest BCUT2D eigenvalue weighted by molar-refractivity contribution is -0.384. The smallest absolute Gasteiger partial charge is 0.292 e. The van der Waals surface area contributed by atoms with Gasteiger partial charge in [0.1, 0.15) is 5.69 Å². The van der Waals surface area contributed by atoms with Gasteiger partial charge >= 0.3 is 0 Å². The Labute approximate surface area is 104 Å². The second-order valence-corrected chi connectivity index (χ2v) is 4.70. The number of benzene rings is 1. The van der Waals surface area contributed by atoms with Gasteiger partial charge in [-0.1, -0.05) is 0 Å². The minimum atomic E-state index is -0.747. The zero-order valence-corrected chi connectivity index (χ0v) is 9.93. The fourth-order valence-corrected chi connectivity index (χ4v) is 2.00. The van der Waals surface area contributed by atoms with E-state index in [-0.39, 0.29) is 12.3 Å². The fourth-order valence-electron chi connectivity index (χ4n) is 2.00. The summed E-state index contributed by atoms with van der Waals surface area (Å²) in [6.45, 7) is 0.125. The largest absolute Gasteiger partial charge is 0.392 e. The lowest BCUT2D eigenvalue weighted by Crippen LogP contribution is -2.43. The number of nitro benzene ring substituents is 1. The van der Waals surface area contributed by atoms with Crippen molar-refractivity contribution in [3.8, 4) is 0 Å². The van der Waals surface area contributed by atoms with Crippen molar-refractivity contribution >= 4 is 11.4 Å². The normalized spacial score (nSPS) is 17.0. The summed E-state index contributed by atoms with van der Waals surface area (Å²) < 4.78 is 0. The molecule has 0 heterocycles. The number of aliphatic hydroxyl groups is 2. The topological polar surface area (TPSA) is 95.6 Å². The van der Waals surface area contributed by atoms with Crippen molar-refractivity contribution in [1.29, 1.82) is 0 Å². The van der Waals surface area contributed by atoms with Gasteiger partial charge in [0.25, 0.3) is 5.69 Å². The van der Waals surface area contributed by atoms with Gasteiger partial charge in [0.2, 0.25) is 0 Å². The molecule has 0 amide bonds. The van der Waals surface area contributed by atoms with Crippen LogP contribution in [0.3, 0.4) is 0 Å². The maximum Gasteiger partial charge on any atom is 0.292 e. The SMILES string of the molecule is O=[N+]([O-])c1ccc(CO)cc1NCC1(O)CCC1. The highest BCUT2D eigenvalue weighted by atomic mass is 16.6. The van der Waals surface area contributed by atoms with Gasteiger partial charge in [0, 0.05) is 12.6 Å². The molecule has 6 nitrogen and oxygen atoms in total. The van der Waals surface area contributed by atoms with Crippen LogP contribution in [0.25, 0.3) is 0 Å². The summed E-state index contributed by atoms with van der Waals surface area (Å²) in [4.78, 5) is 10.4. The van der Waals surface area contributed by atoms with Crippen molar-refractivity contribution in [2.24, 2.45) is 0 Å². The molecule has 0 aromatic heterocycles. The van der Waals surface area contributed by atoms with Crippen molar-refractivity contribution in [2.75, 3.05) is 11.9 Å². The third-order valence-corrected chi connectivity index (χ3v) is 3.33. The van der Waals surface area contributed by atoms with E-state index >= 15 is 0 Å². The van der Waals surface area contributed by atoms with Crippen molar-refractivity contribution in [3.63, 3.8) is 0 Å². The van der Waals surface area contributed by atoms with E-state index in [1.807, 2.05) is 0 Å².